The minimum atomic E-state index is -1.04. The first-order valence-corrected chi connectivity index (χ1v) is 7.47. The average Bonchev–Trinajstić information content (AvgIpc) is 2.47. The Morgan fingerprint density at radius 3 is 2.38 bits per heavy atom. The van der Waals surface area contributed by atoms with Gasteiger partial charge >= 0.3 is 5.97 Å². The van der Waals surface area contributed by atoms with Gasteiger partial charge in [0.1, 0.15) is 5.69 Å². The molecule has 1 aliphatic carbocycles. The predicted octanol–water partition coefficient (Wildman–Crippen LogP) is 2.72. The van der Waals surface area contributed by atoms with Gasteiger partial charge in [0, 0.05) is 12.2 Å². The van der Waals surface area contributed by atoms with Crippen LogP contribution in [0.4, 0.5) is 0 Å². The van der Waals surface area contributed by atoms with Crippen molar-refractivity contribution in [2.24, 2.45) is 11.8 Å². The Kier molecular flexibility index (Phi) is 4.94. The van der Waals surface area contributed by atoms with E-state index in [1.54, 1.807) is 0 Å². The van der Waals surface area contributed by atoms with Crippen molar-refractivity contribution in [2.75, 3.05) is 0 Å². The molecular weight excluding hydrogens is 268 g/mol. The smallest absolute Gasteiger partial charge is 0.337 e. The predicted molar refractivity (Wildman–Crippen MR) is 79.2 cm³/mol. The van der Waals surface area contributed by atoms with Gasteiger partial charge in [-0.15, -0.1) is 0 Å². The molecule has 21 heavy (non-hydrogen) atoms. The Hall–Kier alpha value is -1.91. The summed E-state index contributed by atoms with van der Waals surface area (Å²) in [6.45, 7) is 4.50. The fraction of sp³-hybridized carbons (Fsp3) is 0.562. The molecule has 0 saturated heterocycles. The summed E-state index contributed by atoms with van der Waals surface area (Å²) in [4.78, 5) is 26.7. The van der Waals surface area contributed by atoms with Crippen LogP contribution in [0.5, 0.6) is 0 Å². The molecule has 1 aromatic rings. The number of carboxylic acids is 1. The highest BCUT2D eigenvalue weighted by molar-refractivity contribution is 5.93. The Morgan fingerprint density at radius 1 is 1.24 bits per heavy atom. The lowest BCUT2D eigenvalue weighted by Crippen LogP contribution is -2.38. The van der Waals surface area contributed by atoms with Gasteiger partial charge in [0.2, 0.25) is 0 Å². The molecule has 1 aliphatic rings. The molecule has 114 valence electrons. The van der Waals surface area contributed by atoms with E-state index in [-0.39, 0.29) is 23.2 Å². The first-order valence-electron chi connectivity index (χ1n) is 7.47. The Morgan fingerprint density at radius 2 is 1.90 bits per heavy atom. The number of hydrogen-bond acceptors (Lipinski definition) is 3. The monoisotopic (exact) mass is 290 g/mol. The molecule has 2 rings (SSSR count). The van der Waals surface area contributed by atoms with E-state index in [4.69, 9.17) is 5.11 Å². The van der Waals surface area contributed by atoms with Gasteiger partial charge in [0.25, 0.3) is 5.91 Å². The van der Waals surface area contributed by atoms with Gasteiger partial charge in [-0.25, -0.2) is 4.79 Å². The van der Waals surface area contributed by atoms with Crippen molar-refractivity contribution >= 4 is 11.9 Å². The highest BCUT2D eigenvalue weighted by Gasteiger charge is 2.24. The van der Waals surface area contributed by atoms with Crippen LogP contribution in [0.1, 0.15) is 60.4 Å². The molecule has 1 fully saturated rings. The summed E-state index contributed by atoms with van der Waals surface area (Å²) >= 11 is 0. The number of hydrogen-bond donors (Lipinski definition) is 2. The van der Waals surface area contributed by atoms with Crippen molar-refractivity contribution < 1.29 is 14.7 Å². The van der Waals surface area contributed by atoms with E-state index in [1.165, 1.54) is 18.3 Å². The average molecular weight is 290 g/mol. The number of carbonyl (C=O) groups excluding carboxylic acids is 1. The van der Waals surface area contributed by atoms with Gasteiger partial charge in [0.15, 0.2) is 0 Å². The maximum Gasteiger partial charge on any atom is 0.337 e. The molecule has 0 radical (unpaired) electrons. The van der Waals surface area contributed by atoms with Crippen molar-refractivity contribution in [1.82, 2.24) is 10.3 Å². The first-order chi connectivity index (χ1) is 9.97. The summed E-state index contributed by atoms with van der Waals surface area (Å²) in [5, 5.41) is 11.8. The summed E-state index contributed by atoms with van der Waals surface area (Å²) in [5.41, 5.74) is 0.356. The van der Waals surface area contributed by atoms with Gasteiger partial charge in [0.05, 0.1) is 5.56 Å². The maximum atomic E-state index is 12.1. The third kappa shape index (κ3) is 4.03. The van der Waals surface area contributed by atoms with Crippen molar-refractivity contribution in [1.29, 1.82) is 0 Å². The summed E-state index contributed by atoms with van der Waals surface area (Å²) in [6, 6.07) is 3.06. The lowest BCUT2D eigenvalue weighted by molar-refractivity contribution is 0.0695. The van der Waals surface area contributed by atoms with E-state index in [0.29, 0.717) is 5.92 Å². The van der Waals surface area contributed by atoms with E-state index < -0.39 is 5.97 Å². The number of rotatable bonds is 4. The quantitative estimate of drug-likeness (QED) is 0.893. The highest BCUT2D eigenvalue weighted by atomic mass is 16.4. The molecular formula is C16H22N2O3. The Balaban J connectivity index is 1.89. The maximum absolute atomic E-state index is 12.1. The van der Waals surface area contributed by atoms with E-state index in [1.807, 2.05) is 0 Å². The molecule has 2 N–H and O–H groups in total. The largest absolute Gasteiger partial charge is 0.478 e. The van der Waals surface area contributed by atoms with Crippen LogP contribution in [0, 0.1) is 11.8 Å². The van der Waals surface area contributed by atoms with Gasteiger partial charge in [-0.1, -0.05) is 13.8 Å². The molecule has 1 amide bonds. The fourth-order valence-electron chi connectivity index (χ4n) is 2.84. The van der Waals surface area contributed by atoms with Gasteiger partial charge in [-0.2, -0.15) is 0 Å². The molecule has 1 saturated carbocycles. The molecule has 0 atom stereocenters. The van der Waals surface area contributed by atoms with Crippen LogP contribution in [-0.2, 0) is 0 Å². The summed E-state index contributed by atoms with van der Waals surface area (Å²) in [6.07, 6.45) is 5.51. The molecule has 5 nitrogen and oxygen atoms in total. The summed E-state index contributed by atoms with van der Waals surface area (Å²) in [7, 11) is 0. The van der Waals surface area contributed by atoms with Crippen LogP contribution in [0.3, 0.4) is 0 Å². The molecule has 0 aliphatic heterocycles. The number of aromatic nitrogens is 1. The minimum absolute atomic E-state index is 0.0870. The van der Waals surface area contributed by atoms with E-state index in [9.17, 15) is 9.59 Å². The van der Waals surface area contributed by atoms with E-state index in [0.717, 1.165) is 31.6 Å². The normalized spacial score (nSPS) is 22.0. The minimum Gasteiger partial charge on any atom is -0.478 e. The Labute approximate surface area is 124 Å². The number of carboxylic acid groups (broad SMARTS) is 1. The number of carbonyl (C=O) groups is 2. The third-order valence-corrected chi connectivity index (χ3v) is 4.29. The number of amides is 1. The van der Waals surface area contributed by atoms with E-state index >= 15 is 0 Å². The van der Waals surface area contributed by atoms with Crippen molar-refractivity contribution in [3.8, 4) is 0 Å². The first kappa shape index (κ1) is 15.5. The second-order valence-electron chi connectivity index (χ2n) is 6.07. The molecule has 0 bridgehead atoms. The second-order valence-corrected chi connectivity index (χ2v) is 6.07. The van der Waals surface area contributed by atoms with Crippen LogP contribution in [0.25, 0.3) is 0 Å². The van der Waals surface area contributed by atoms with Gasteiger partial charge in [-0.3, -0.25) is 9.78 Å². The third-order valence-electron chi connectivity index (χ3n) is 4.29. The van der Waals surface area contributed by atoms with Crippen LogP contribution < -0.4 is 5.32 Å². The Bertz CT molecular complexity index is 503. The summed E-state index contributed by atoms with van der Waals surface area (Å²) in [5.74, 6) is 0.194. The van der Waals surface area contributed by atoms with Crippen LogP contribution >= 0.6 is 0 Å². The lowest BCUT2D eigenvalue weighted by Gasteiger charge is -2.31. The molecule has 0 unspecified atom stereocenters. The zero-order valence-corrected chi connectivity index (χ0v) is 12.5. The van der Waals surface area contributed by atoms with Gasteiger partial charge < -0.3 is 10.4 Å². The zero-order valence-electron chi connectivity index (χ0n) is 12.5. The summed E-state index contributed by atoms with van der Waals surface area (Å²) < 4.78 is 0. The van der Waals surface area contributed by atoms with Crippen LogP contribution in [0.15, 0.2) is 18.3 Å². The standard InChI is InChI=1S/C16H22N2O3/c1-10(2)11-3-6-13(7-4-11)18-15(19)14-8-5-12(9-17-14)16(20)21/h5,8-11,13H,3-4,6-7H2,1-2H3,(H,18,19)(H,20,21). The lowest BCUT2D eigenvalue weighted by atomic mass is 9.80. The molecule has 0 spiro atoms. The number of pyridine rings is 1. The van der Waals surface area contributed by atoms with Crippen LogP contribution in [0.2, 0.25) is 0 Å². The second kappa shape index (κ2) is 6.70. The molecule has 1 aromatic heterocycles. The van der Waals surface area contributed by atoms with Gasteiger partial charge in [-0.05, 0) is 49.7 Å². The van der Waals surface area contributed by atoms with Crippen molar-refractivity contribution in [2.45, 2.75) is 45.6 Å². The number of nitrogens with one attached hydrogen (secondary N) is 1. The van der Waals surface area contributed by atoms with Crippen molar-refractivity contribution in [3.05, 3.63) is 29.6 Å². The topological polar surface area (TPSA) is 79.3 Å². The number of nitrogens with zero attached hydrogens (tertiary/aromatic N) is 1. The van der Waals surface area contributed by atoms with Crippen LogP contribution in [-0.4, -0.2) is 28.0 Å². The number of aromatic carboxylic acids is 1. The van der Waals surface area contributed by atoms with Crippen molar-refractivity contribution in [3.63, 3.8) is 0 Å². The molecule has 1 heterocycles. The van der Waals surface area contributed by atoms with E-state index in [2.05, 4.69) is 24.1 Å². The zero-order chi connectivity index (χ0) is 15.4. The molecule has 0 aromatic carbocycles. The SMILES string of the molecule is CC(C)C1CCC(NC(=O)c2ccc(C(=O)O)cn2)CC1. The highest BCUT2D eigenvalue weighted by Crippen LogP contribution is 2.29. The molecule has 5 heteroatoms. The fourth-order valence-corrected chi connectivity index (χ4v) is 2.84.